The summed E-state index contributed by atoms with van der Waals surface area (Å²) >= 11 is 0. The molecule has 2 rings (SSSR count). The van der Waals surface area contributed by atoms with Gasteiger partial charge in [-0.05, 0) is 37.1 Å². The number of hydrogen-bond acceptors (Lipinski definition) is 1. The molecule has 1 N–H and O–H groups in total. The lowest BCUT2D eigenvalue weighted by Gasteiger charge is -2.03. The van der Waals surface area contributed by atoms with Crippen molar-refractivity contribution in [1.29, 1.82) is 0 Å². The van der Waals surface area contributed by atoms with Crippen LogP contribution < -0.4 is 5.32 Å². The van der Waals surface area contributed by atoms with E-state index in [0.717, 1.165) is 31.5 Å². The van der Waals surface area contributed by atoms with Crippen LogP contribution in [-0.4, -0.2) is 6.54 Å². The molecule has 0 amide bonds. The Morgan fingerprint density at radius 1 is 0.800 bits per heavy atom. The van der Waals surface area contributed by atoms with Gasteiger partial charge in [0, 0.05) is 18.5 Å². The van der Waals surface area contributed by atoms with Gasteiger partial charge in [-0.1, -0.05) is 60.4 Å². The van der Waals surface area contributed by atoms with E-state index in [2.05, 4.69) is 59.6 Å². The molecule has 0 fully saturated rings. The highest BCUT2D eigenvalue weighted by Crippen LogP contribution is 1.99. The van der Waals surface area contributed by atoms with Gasteiger partial charge in [-0.25, -0.2) is 0 Å². The van der Waals surface area contributed by atoms with Crippen LogP contribution in [0.5, 0.6) is 0 Å². The fourth-order valence-corrected chi connectivity index (χ4v) is 1.98. The van der Waals surface area contributed by atoms with E-state index in [1.54, 1.807) is 0 Å². The first kappa shape index (κ1) is 14.4. The largest absolute Gasteiger partial charge is 0.313 e. The molecular weight excluding hydrogens is 242 g/mol. The van der Waals surface area contributed by atoms with Crippen molar-refractivity contribution in [2.24, 2.45) is 0 Å². The van der Waals surface area contributed by atoms with Crippen LogP contribution >= 0.6 is 0 Å². The lowest BCUT2D eigenvalue weighted by molar-refractivity contribution is 0.630. The van der Waals surface area contributed by atoms with E-state index < -0.39 is 0 Å². The number of benzene rings is 2. The Hall–Kier alpha value is -2.04. The van der Waals surface area contributed by atoms with E-state index in [4.69, 9.17) is 0 Å². The molecule has 0 spiro atoms. The highest BCUT2D eigenvalue weighted by atomic mass is 14.8. The zero-order valence-corrected chi connectivity index (χ0v) is 11.8. The molecule has 0 bridgehead atoms. The van der Waals surface area contributed by atoms with Gasteiger partial charge in [-0.3, -0.25) is 0 Å². The van der Waals surface area contributed by atoms with Gasteiger partial charge in [-0.2, -0.15) is 0 Å². The molecule has 0 aliphatic rings. The van der Waals surface area contributed by atoms with Crippen LogP contribution in [0, 0.1) is 11.8 Å². The SMILES string of the molecule is C(#Cc1ccccc1)CCCCNCc1ccccc1. The second-order valence-corrected chi connectivity index (χ2v) is 4.79. The Morgan fingerprint density at radius 2 is 1.50 bits per heavy atom. The summed E-state index contributed by atoms with van der Waals surface area (Å²) in [4.78, 5) is 0. The van der Waals surface area contributed by atoms with Crippen LogP contribution in [0.1, 0.15) is 30.4 Å². The summed E-state index contributed by atoms with van der Waals surface area (Å²) < 4.78 is 0. The summed E-state index contributed by atoms with van der Waals surface area (Å²) in [7, 11) is 0. The molecule has 0 atom stereocenters. The minimum absolute atomic E-state index is 0.955. The Balaban J connectivity index is 1.53. The van der Waals surface area contributed by atoms with E-state index >= 15 is 0 Å². The minimum atomic E-state index is 0.955. The van der Waals surface area contributed by atoms with Crippen molar-refractivity contribution in [1.82, 2.24) is 5.32 Å². The fraction of sp³-hybridized carbons (Fsp3) is 0.263. The lowest BCUT2D eigenvalue weighted by Crippen LogP contribution is -2.14. The Labute approximate surface area is 122 Å². The zero-order valence-electron chi connectivity index (χ0n) is 11.8. The van der Waals surface area contributed by atoms with Crippen molar-refractivity contribution in [2.75, 3.05) is 6.54 Å². The van der Waals surface area contributed by atoms with Gasteiger partial charge in [0.15, 0.2) is 0 Å². The molecule has 0 saturated heterocycles. The first-order valence-electron chi connectivity index (χ1n) is 7.24. The summed E-state index contributed by atoms with van der Waals surface area (Å²) in [5.74, 6) is 6.42. The molecule has 0 aromatic heterocycles. The molecule has 0 aliphatic carbocycles. The minimum Gasteiger partial charge on any atom is -0.313 e. The quantitative estimate of drug-likeness (QED) is 0.613. The fourth-order valence-electron chi connectivity index (χ4n) is 1.98. The van der Waals surface area contributed by atoms with Crippen molar-refractivity contribution in [3.05, 3.63) is 71.8 Å². The summed E-state index contributed by atoms with van der Waals surface area (Å²) in [6.07, 6.45) is 3.31. The van der Waals surface area contributed by atoms with E-state index in [0.29, 0.717) is 0 Å². The number of hydrogen-bond donors (Lipinski definition) is 1. The van der Waals surface area contributed by atoms with Crippen LogP contribution in [0.3, 0.4) is 0 Å². The average Bonchev–Trinajstić information content (AvgIpc) is 2.52. The first-order valence-corrected chi connectivity index (χ1v) is 7.24. The molecule has 0 heterocycles. The van der Waals surface area contributed by atoms with Crippen molar-refractivity contribution >= 4 is 0 Å². The molecule has 1 heteroatoms. The number of rotatable bonds is 6. The molecule has 0 unspecified atom stereocenters. The maximum absolute atomic E-state index is 3.46. The highest BCUT2D eigenvalue weighted by Gasteiger charge is 1.90. The maximum Gasteiger partial charge on any atom is 0.0245 e. The highest BCUT2D eigenvalue weighted by molar-refractivity contribution is 5.33. The molecule has 1 nitrogen and oxygen atoms in total. The molecule has 0 aliphatic heterocycles. The number of unbranched alkanes of at least 4 members (excludes halogenated alkanes) is 2. The molecular formula is C19H21N. The van der Waals surface area contributed by atoms with Crippen LogP contribution in [-0.2, 0) is 6.54 Å². The lowest BCUT2D eigenvalue weighted by atomic mass is 10.2. The Morgan fingerprint density at radius 3 is 2.25 bits per heavy atom. The Kier molecular flexibility index (Phi) is 6.44. The van der Waals surface area contributed by atoms with Crippen LogP contribution in [0.2, 0.25) is 0 Å². The standard InChI is InChI=1S/C19H21N/c1(5-11-18-12-6-3-7-13-18)2-10-16-20-17-19-14-8-4-9-15-19/h3-4,6-9,12-15,20H,1-2,10,16-17H2. The third-order valence-corrected chi connectivity index (χ3v) is 3.08. The molecule has 0 saturated carbocycles. The summed E-state index contributed by atoms with van der Waals surface area (Å²) in [5.41, 5.74) is 2.45. The second-order valence-electron chi connectivity index (χ2n) is 4.79. The van der Waals surface area contributed by atoms with Crippen molar-refractivity contribution in [3.63, 3.8) is 0 Å². The zero-order chi connectivity index (χ0) is 13.9. The van der Waals surface area contributed by atoms with Gasteiger partial charge < -0.3 is 5.32 Å². The normalized spacial score (nSPS) is 9.80. The van der Waals surface area contributed by atoms with Crippen LogP contribution in [0.25, 0.3) is 0 Å². The van der Waals surface area contributed by atoms with Crippen LogP contribution in [0.4, 0.5) is 0 Å². The first-order chi connectivity index (χ1) is 9.95. The van der Waals surface area contributed by atoms with Crippen molar-refractivity contribution in [2.45, 2.75) is 25.8 Å². The summed E-state index contributed by atoms with van der Waals surface area (Å²) in [5, 5.41) is 3.46. The summed E-state index contributed by atoms with van der Waals surface area (Å²) in [6.45, 7) is 2.01. The second kappa shape index (κ2) is 8.96. The monoisotopic (exact) mass is 263 g/mol. The molecule has 2 aromatic carbocycles. The van der Waals surface area contributed by atoms with E-state index in [1.165, 1.54) is 12.0 Å². The number of nitrogens with one attached hydrogen (secondary N) is 1. The predicted molar refractivity (Wildman–Crippen MR) is 85.3 cm³/mol. The van der Waals surface area contributed by atoms with Gasteiger partial charge in [-0.15, -0.1) is 0 Å². The molecule has 2 aromatic rings. The molecule has 20 heavy (non-hydrogen) atoms. The van der Waals surface area contributed by atoms with E-state index in [1.807, 2.05) is 18.2 Å². The smallest absolute Gasteiger partial charge is 0.0245 e. The van der Waals surface area contributed by atoms with Crippen molar-refractivity contribution < 1.29 is 0 Å². The molecule has 0 radical (unpaired) electrons. The van der Waals surface area contributed by atoms with Crippen molar-refractivity contribution in [3.8, 4) is 11.8 Å². The van der Waals surface area contributed by atoms with Gasteiger partial charge in [0.25, 0.3) is 0 Å². The van der Waals surface area contributed by atoms with Gasteiger partial charge in [0.2, 0.25) is 0 Å². The third kappa shape index (κ3) is 5.73. The maximum atomic E-state index is 3.46. The topological polar surface area (TPSA) is 12.0 Å². The van der Waals surface area contributed by atoms with E-state index in [-0.39, 0.29) is 0 Å². The van der Waals surface area contributed by atoms with Gasteiger partial charge in [0.1, 0.15) is 0 Å². The third-order valence-electron chi connectivity index (χ3n) is 3.08. The van der Waals surface area contributed by atoms with E-state index in [9.17, 15) is 0 Å². The average molecular weight is 263 g/mol. The van der Waals surface area contributed by atoms with Gasteiger partial charge in [0.05, 0.1) is 0 Å². The molecule has 102 valence electrons. The van der Waals surface area contributed by atoms with Gasteiger partial charge >= 0.3 is 0 Å². The van der Waals surface area contributed by atoms with Crippen LogP contribution in [0.15, 0.2) is 60.7 Å². The Bertz CT molecular complexity index is 534. The summed E-state index contributed by atoms with van der Waals surface area (Å²) in [6, 6.07) is 20.7. The predicted octanol–water partition coefficient (Wildman–Crippen LogP) is 4.00.